The summed E-state index contributed by atoms with van der Waals surface area (Å²) in [5.74, 6) is 0.273. The number of nitrogens with zero attached hydrogens (tertiary/aromatic N) is 3. The third-order valence-electron chi connectivity index (χ3n) is 4.66. The maximum absolute atomic E-state index is 13.2. The normalized spacial score (nSPS) is 11.0. The van der Waals surface area contributed by atoms with E-state index in [1.807, 2.05) is 0 Å². The monoisotopic (exact) mass is 554 g/mol. The van der Waals surface area contributed by atoms with Gasteiger partial charge < -0.3 is 5.32 Å². The number of aromatic nitrogens is 3. The first kappa shape index (κ1) is 24.8. The molecule has 1 N–H and O–H groups in total. The first-order valence-corrected chi connectivity index (χ1v) is 12.3. The van der Waals surface area contributed by atoms with Crippen LogP contribution in [-0.4, -0.2) is 20.7 Å². The van der Waals surface area contributed by atoms with E-state index in [9.17, 15) is 9.18 Å². The van der Waals surface area contributed by atoms with Crippen LogP contribution in [0, 0.1) is 5.82 Å². The first-order valence-electron chi connectivity index (χ1n) is 9.81. The molecule has 0 aliphatic heterocycles. The molecule has 0 saturated heterocycles. The second-order valence-electron chi connectivity index (χ2n) is 7.09. The highest BCUT2D eigenvalue weighted by Crippen LogP contribution is 2.31. The second-order valence-corrected chi connectivity index (χ2v) is 9.74. The Kier molecular flexibility index (Phi) is 8.01. The summed E-state index contributed by atoms with van der Waals surface area (Å²) in [6.45, 7) is 0.0515. The number of hydrogen-bond donors (Lipinski definition) is 1. The van der Waals surface area contributed by atoms with Gasteiger partial charge in [-0.15, -0.1) is 10.2 Å². The SMILES string of the molecule is O=C(NCc1nnc(SCc2ccc(F)cc2)n1-c1cc(Cl)ccc1Cl)c1cc(Cl)cc(Cl)c1. The first-order chi connectivity index (χ1) is 16.3. The number of hydrogen-bond acceptors (Lipinski definition) is 4. The van der Waals surface area contributed by atoms with Gasteiger partial charge in [0.05, 0.1) is 17.3 Å². The number of amides is 1. The Morgan fingerprint density at radius 2 is 1.62 bits per heavy atom. The number of benzene rings is 3. The molecule has 34 heavy (non-hydrogen) atoms. The average molecular weight is 556 g/mol. The van der Waals surface area contributed by atoms with Crippen LogP contribution in [0.1, 0.15) is 21.7 Å². The topological polar surface area (TPSA) is 59.8 Å². The van der Waals surface area contributed by atoms with E-state index in [1.54, 1.807) is 41.0 Å². The molecule has 0 aliphatic rings. The predicted octanol–water partition coefficient (Wildman–Crippen LogP) is 7.24. The highest BCUT2D eigenvalue weighted by atomic mass is 35.5. The number of nitrogens with one attached hydrogen (secondary N) is 1. The molecule has 1 amide bonds. The van der Waals surface area contributed by atoms with Crippen LogP contribution in [0.5, 0.6) is 0 Å². The zero-order chi connectivity index (χ0) is 24.2. The van der Waals surface area contributed by atoms with Crippen molar-refractivity contribution in [3.63, 3.8) is 0 Å². The molecule has 0 spiro atoms. The van der Waals surface area contributed by atoms with Gasteiger partial charge in [0.15, 0.2) is 11.0 Å². The lowest BCUT2D eigenvalue weighted by Crippen LogP contribution is -2.24. The lowest BCUT2D eigenvalue weighted by molar-refractivity contribution is 0.0949. The Morgan fingerprint density at radius 3 is 2.32 bits per heavy atom. The molecule has 1 aromatic heterocycles. The van der Waals surface area contributed by atoms with Gasteiger partial charge in [-0.05, 0) is 54.1 Å². The molecule has 3 aromatic carbocycles. The lowest BCUT2D eigenvalue weighted by atomic mass is 10.2. The summed E-state index contributed by atoms with van der Waals surface area (Å²) >= 11 is 26.1. The fourth-order valence-corrected chi connectivity index (χ4v) is 4.90. The molecule has 0 fully saturated rings. The van der Waals surface area contributed by atoms with E-state index in [1.165, 1.54) is 36.0 Å². The van der Waals surface area contributed by atoms with Crippen LogP contribution >= 0.6 is 58.2 Å². The number of carbonyl (C=O) groups excluding carboxylic acids is 1. The van der Waals surface area contributed by atoms with Crippen LogP contribution in [-0.2, 0) is 12.3 Å². The van der Waals surface area contributed by atoms with Gasteiger partial charge >= 0.3 is 0 Å². The molecule has 5 nitrogen and oxygen atoms in total. The van der Waals surface area contributed by atoms with Gasteiger partial charge in [0.2, 0.25) is 0 Å². The minimum atomic E-state index is -0.378. The quantitative estimate of drug-likeness (QED) is 0.244. The third kappa shape index (κ3) is 6.03. The smallest absolute Gasteiger partial charge is 0.251 e. The molecule has 4 rings (SSSR count). The molecular formula is C23H15Cl4FN4OS. The molecule has 0 unspecified atom stereocenters. The van der Waals surface area contributed by atoms with Crippen molar-refractivity contribution in [2.75, 3.05) is 0 Å². The summed E-state index contributed by atoms with van der Waals surface area (Å²) in [5, 5.41) is 13.5. The van der Waals surface area contributed by atoms with Crippen molar-refractivity contribution in [2.24, 2.45) is 0 Å². The summed E-state index contributed by atoms with van der Waals surface area (Å²) < 4.78 is 15.0. The molecule has 174 valence electrons. The van der Waals surface area contributed by atoms with Crippen LogP contribution in [0.2, 0.25) is 20.1 Å². The number of carbonyl (C=O) groups is 1. The van der Waals surface area contributed by atoms with Gasteiger partial charge in [0, 0.05) is 26.4 Å². The molecule has 0 atom stereocenters. The largest absolute Gasteiger partial charge is 0.345 e. The molecule has 11 heteroatoms. The highest BCUT2D eigenvalue weighted by Gasteiger charge is 2.19. The summed E-state index contributed by atoms with van der Waals surface area (Å²) in [7, 11) is 0. The number of thioether (sulfide) groups is 1. The Labute approximate surface area is 219 Å². The average Bonchev–Trinajstić information content (AvgIpc) is 3.20. The molecule has 0 saturated carbocycles. The van der Waals surface area contributed by atoms with Crippen molar-refractivity contribution in [1.82, 2.24) is 20.1 Å². The fraction of sp³-hybridized carbons (Fsp3) is 0.0870. The minimum absolute atomic E-state index is 0.0515. The Morgan fingerprint density at radius 1 is 0.912 bits per heavy atom. The van der Waals surface area contributed by atoms with Crippen LogP contribution in [0.4, 0.5) is 4.39 Å². The second kappa shape index (κ2) is 11.0. The van der Waals surface area contributed by atoms with Gasteiger partial charge in [0.1, 0.15) is 5.82 Å². The van der Waals surface area contributed by atoms with Gasteiger partial charge in [0.25, 0.3) is 5.91 Å². The summed E-state index contributed by atoms with van der Waals surface area (Å²) in [4.78, 5) is 12.7. The van der Waals surface area contributed by atoms with Crippen LogP contribution in [0.25, 0.3) is 5.69 Å². The molecule has 1 heterocycles. The molecular weight excluding hydrogens is 541 g/mol. The fourth-order valence-electron chi connectivity index (χ4n) is 3.08. The maximum Gasteiger partial charge on any atom is 0.251 e. The van der Waals surface area contributed by atoms with E-state index in [4.69, 9.17) is 46.4 Å². The van der Waals surface area contributed by atoms with E-state index in [2.05, 4.69) is 15.5 Å². The van der Waals surface area contributed by atoms with E-state index in [-0.39, 0.29) is 18.3 Å². The van der Waals surface area contributed by atoms with E-state index < -0.39 is 0 Å². The van der Waals surface area contributed by atoms with Crippen molar-refractivity contribution < 1.29 is 9.18 Å². The summed E-state index contributed by atoms with van der Waals surface area (Å²) in [6, 6.07) is 15.8. The molecule has 4 aromatic rings. The van der Waals surface area contributed by atoms with Crippen molar-refractivity contribution in [3.8, 4) is 5.69 Å². The maximum atomic E-state index is 13.2. The van der Waals surface area contributed by atoms with Crippen LogP contribution in [0.15, 0.2) is 65.8 Å². The highest BCUT2D eigenvalue weighted by molar-refractivity contribution is 7.98. The lowest BCUT2D eigenvalue weighted by Gasteiger charge is -2.13. The third-order valence-corrected chi connectivity index (χ3v) is 6.65. The van der Waals surface area contributed by atoms with Gasteiger partial charge in [-0.3, -0.25) is 9.36 Å². The van der Waals surface area contributed by atoms with Crippen molar-refractivity contribution in [2.45, 2.75) is 17.5 Å². The number of halogens is 5. The van der Waals surface area contributed by atoms with Crippen LogP contribution in [0.3, 0.4) is 0 Å². The van der Waals surface area contributed by atoms with E-state index >= 15 is 0 Å². The van der Waals surface area contributed by atoms with Gasteiger partial charge in [-0.2, -0.15) is 0 Å². The Balaban J connectivity index is 1.61. The number of rotatable bonds is 7. The van der Waals surface area contributed by atoms with Crippen molar-refractivity contribution in [1.29, 1.82) is 0 Å². The van der Waals surface area contributed by atoms with E-state index in [0.29, 0.717) is 48.1 Å². The van der Waals surface area contributed by atoms with Crippen molar-refractivity contribution in [3.05, 3.63) is 104 Å². The minimum Gasteiger partial charge on any atom is -0.345 e. The summed E-state index contributed by atoms with van der Waals surface area (Å²) in [6.07, 6.45) is 0. The predicted molar refractivity (Wildman–Crippen MR) is 135 cm³/mol. The van der Waals surface area contributed by atoms with Gasteiger partial charge in [-0.25, -0.2) is 4.39 Å². The molecule has 0 radical (unpaired) electrons. The van der Waals surface area contributed by atoms with Crippen LogP contribution < -0.4 is 5.32 Å². The van der Waals surface area contributed by atoms with E-state index in [0.717, 1.165) is 5.56 Å². The molecule has 0 bridgehead atoms. The summed E-state index contributed by atoms with van der Waals surface area (Å²) in [5.41, 5.74) is 1.79. The zero-order valence-corrected chi connectivity index (χ0v) is 21.1. The Hall–Kier alpha value is -2.29. The Bertz CT molecular complexity index is 1330. The van der Waals surface area contributed by atoms with Gasteiger partial charge in [-0.1, -0.05) is 70.3 Å². The standard InChI is InChI=1S/C23H15Cl4FN4OS/c24-15-3-6-19(27)20(10-15)32-21(11-29-22(33)14-7-16(25)9-17(26)8-14)30-31-23(32)34-12-13-1-4-18(28)5-2-13/h1-10H,11-12H2,(H,29,33). The zero-order valence-electron chi connectivity index (χ0n) is 17.2. The molecule has 0 aliphatic carbocycles. The van der Waals surface area contributed by atoms with Crippen molar-refractivity contribution >= 4 is 64.1 Å².